The number of nitrogens with one attached hydrogen (secondary N) is 1. The first kappa shape index (κ1) is 22.9. The highest BCUT2D eigenvalue weighted by Gasteiger charge is 2.22. The third kappa shape index (κ3) is 4.60. The number of imidazole rings is 1. The van der Waals surface area contributed by atoms with Crippen LogP contribution in [0.1, 0.15) is 26.1 Å². The van der Waals surface area contributed by atoms with E-state index in [1.165, 1.54) is 4.31 Å². The molecule has 0 aliphatic carbocycles. The summed E-state index contributed by atoms with van der Waals surface area (Å²) in [6.45, 7) is 4.46. The van der Waals surface area contributed by atoms with Crippen molar-refractivity contribution in [1.29, 1.82) is 0 Å². The number of nitrogens with zero attached hydrogens (tertiary/aromatic N) is 4. The van der Waals surface area contributed by atoms with Gasteiger partial charge in [0.25, 0.3) is 0 Å². The lowest BCUT2D eigenvalue weighted by molar-refractivity contribution is -0.116. The van der Waals surface area contributed by atoms with Crippen LogP contribution in [0.4, 0.5) is 5.69 Å². The van der Waals surface area contributed by atoms with Crippen LogP contribution in [0.15, 0.2) is 59.6 Å². The molecule has 0 atom stereocenters. The van der Waals surface area contributed by atoms with Crippen LogP contribution in [0, 0.1) is 0 Å². The number of sulfonamides is 1. The highest BCUT2D eigenvalue weighted by molar-refractivity contribution is 7.89. The molecule has 0 fully saturated rings. The molecule has 1 amide bonds. The molecule has 4 rings (SSSR count). The van der Waals surface area contributed by atoms with Gasteiger partial charge in [-0.25, -0.2) is 13.4 Å². The lowest BCUT2D eigenvalue weighted by atomic mass is 10.2. The van der Waals surface area contributed by atoms with E-state index in [9.17, 15) is 13.2 Å². The third-order valence-electron chi connectivity index (χ3n) is 5.75. The Labute approximate surface area is 193 Å². The molecular weight excluding hydrogens is 438 g/mol. The van der Waals surface area contributed by atoms with Crippen molar-refractivity contribution in [2.75, 3.05) is 18.4 Å². The number of aryl methyl sites for hydroxylation is 2. The van der Waals surface area contributed by atoms with E-state index in [0.717, 1.165) is 27.9 Å². The number of amides is 1. The van der Waals surface area contributed by atoms with Gasteiger partial charge in [-0.15, -0.1) is 0 Å². The average molecular weight is 466 g/mol. The van der Waals surface area contributed by atoms with E-state index >= 15 is 0 Å². The molecule has 172 valence electrons. The van der Waals surface area contributed by atoms with Crippen LogP contribution in [-0.4, -0.2) is 46.3 Å². The zero-order chi connectivity index (χ0) is 23.6. The van der Waals surface area contributed by atoms with Crippen LogP contribution < -0.4 is 5.32 Å². The Morgan fingerprint density at radius 3 is 2.61 bits per heavy atom. The highest BCUT2D eigenvalue weighted by Crippen LogP contribution is 2.23. The Kier molecular flexibility index (Phi) is 6.44. The predicted molar refractivity (Wildman–Crippen MR) is 130 cm³/mol. The van der Waals surface area contributed by atoms with E-state index in [1.807, 2.05) is 55.8 Å². The summed E-state index contributed by atoms with van der Waals surface area (Å²) in [5, 5.41) is 3.88. The van der Waals surface area contributed by atoms with E-state index in [0.29, 0.717) is 25.0 Å². The van der Waals surface area contributed by atoms with E-state index in [4.69, 9.17) is 0 Å². The van der Waals surface area contributed by atoms with Gasteiger partial charge in [-0.1, -0.05) is 19.9 Å². The van der Waals surface area contributed by atoms with Gasteiger partial charge in [0.05, 0.1) is 21.4 Å². The van der Waals surface area contributed by atoms with E-state index in [1.54, 1.807) is 24.4 Å². The Bertz CT molecular complexity index is 1420. The summed E-state index contributed by atoms with van der Waals surface area (Å²) in [6, 6.07) is 14.4. The number of aromatic nitrogens is 3. The van der Waals surface area contributed by atoms with Gasteiger partial charge in [0.15, 0.2) is 0 Å². The number of carbonyl (C=O) groups is 1. The molecule has 0 saturated carbocycles. The van der Waals surface area contributed by atoms with Gasteiger partial charge in [-0.2, -0.15) is 4.31 Å². The Morgan fingerprint density at radius 2 is 1.85 bits per heavy atom. The lowest BCUT2D eigenvalue weighted by Gasteiger charge is -2.18. The average Bonchev–Trinajstić information content (AvgIpc) is 3.13. The summed E-state index contributed by atoms with van der Waals surface area (Å²) >= 11 is 0. The molecule has 0 spiro atoms. The highest BCUT2D eigenvalue weighted by atomic mass is 32.2. The van der Waals surface area contributed by atoms with Crippen molar-refractivity contribution in [2.24, 2.45) is 7.05 Å². The fourth-order valence-corrected chi connectivity index (χ4v) is 5.41. The van der Waals surface area contributed by atoms with Gasteiger partial charge in [0.1, 0.15) is 5.82 Å². The maximum atomic E-state index is 12.8. The largest absolute Gasteiger partial charge is 0.331 e. The molecule has 4 aromatic rings. The van der Waals surface area contributed by atoms with E-state index < -0.39 is 10.0 Å². The molecule has 8 nitrogen and oxygen atoms in total. The number of hydrogen-bond acceptors (Lipinski definition) is 5. The minimum atomic E-state index is -3.56. The van der Waals surface area contributed by atoms with Crippen LogP contribution in [0.3, 0.4) is 0 Å². The maximum Gasteiger partial charge on any atom is 0.243 e. The second-order valence-electron chi connectivity index (χ2n) is 7.79. The van der Waals surface area contributed by atoms with Crippen LogP contribution in [0.25, 0.3) is 21.9 Å². The predicted octanol–water partition coefficient (Wildman–Crippen LogP) is 3.72. The smallest absolute Gasteiger partial charge is 0.243 e. The van der Waals surface area contributed by atoms with Crippen LogP contribution >= 0.6 is 0 Å². The Hall–Kier alpha value is -3.30. The molecule has 0 bridgehead atoms. The summed E-state index contributed by atoms with van der Waals surface area (Å²) in [7, 11) is -1.68. The minimum absolute atomic E-state index is 0.116. The van der Waals surface area contributed by atoms with Crippen molar-refractivity contribution in [3.05, 3.63) is 60.6 Å². The normalized spacial score (nSPS) is 12.0. The number of fused-ring (bicyclic) bond motifs is 2. The van der Waals surface area contributed by atoms with Crippen molar-refractivity contribution >= 4 is 43.6 Å². The fraction of sp³-hybridized carbons (Fsp3) is 0.292. The first-order chi connectivity index (χ1) is 15.8. The summed E-state index contributed by atoms with van der Waals surface area (Å²) < 4.78 is 29.0. The SMILES string of the molecule is CCN(CC)S(=O)(=O)c1ccc2c(c1)nc(CCC(=O)Nc1ccc3ncccc3c1)n2C. The van der Waals surface area contributed by atoms with Gasteiger partial charge in [0.2, 0.25) is 15.9 Å². The topological polar surface area (TPSA) is 97.2 Å². The minimum Gasteiger partial charge on any atom is -0.331 e. The summed E-state index contributed by atoms with van der Waals surface area (Å²) in [5.74, 6) is 0.607. The van der Waals surface area contributed by atoms with Crippen molar-refractivity contribution in [3.63, 3.8) is 0 Å². The molecule has 33 heavy (non-hydrogen) atoms. The van der Waals surface area contributed by atoms with E-state index in [-0.39, 0.29) is 17.2 Å². The Morgan fingerprint density at radius 1 is 1.06 bits per heavy atom. The summed E-state index contributed by atoms with van der Waals surface area (Å²) in [4.78, 5) is 21.6. The van der Waals surface area contributed by atoms with Gasteiger partial charge in [-0.3, -0.25) is 9.78 Å². The number of rotatable bonds is 8. The van der Waals surface area contributed by atoms with Crippen LogP contribution in [-0.2, 0) is 28.3 Å². The van der Waals surface area contributed by atoms with Crippen LogP contribution in [0.2, 0.25) is 0 Å². The lowest BCUT2D eigenvalue weighted by Crippen LogP contribution is -2.30. The fourth-order valence-electron chi connectivity index (χ4n) is 3.93. The quantitative estimate of drug-likeness (QED) is 0.428. The second-order valence-corrected chi connectivity index (χ2v) is 9.72. The number of benzene rings is 2. The molecule has 1 N–H and O–H groups in total. The molecule has 0 radical (unpaired) electrons. The first-order valence-corrected chi connectivity index (χ1v) is 12.4. The van der Waals surface area contributed by atoms with Crippen molar-refractivity contribution in [3.8, 4) is 0 Å². The van der Waals surface area contributed by atoms with Gasteiger partial charge < -0.3 is 9.88 Å². The van der Waals surface area contributed by atoms with Crippen LogP contribution in [0.5, 0.6) is 0 Å². The molecule has 9 heteroatoms. The van der Waals surface area contributed by atoms with Crippen molar-refractivity contribution in [2.45, 2.75) is 31.6 Å². The molecule has 2 heterocycles. The van der Waals surface area contributed by atoms with Gasteiger partial charge >= 0.3 is 0 Å². The van der Waals surface area contributed by atoms with Crippen molar-refractivity contribution < 1.29 is 13.2 Å². The zero-order valence-electron chi connectivity index (χ0n) is 18.9. The number of hydrogen-bond donors (Lipinski definition) is 1. The molecule has 0 aliphatic rings. The van der Waals surface area contributed by atoms with E-state index in [2.05, 4.69) is 15.3 Å². The summed E-state index contributed by atoms with van der Waals surface area (Å²) in [6.07, 6.45) is 2.43. The van der Waals surface area contributed by atoms with Gasteiger partial charge in [0, 0.05) is 50.2 Å². The third-order valence-corrected chi connectivity index (χ3v) is 7.80. The maximum absolute atomic E-state index is 12.8. The molecule has 0 saturated heterocycles. The molecule has 2 aromatic carbocycles. The van der Waals surface area contributed by atoms with Crippen molar-refractivity contribution in [1.82, 2.24) is 18.8 Å². The molecule has 0 aliphatic heterocycles. The summed E-state index contributed by atoms with van der Waals surface area (Å²) in [5.41, 5.74) is 3.02. The Balaban J connectivity index is 1.49. The standard InChI is InChI=1S/C24H27N5O3S/c1-4-29(5-2)33(31,32)19-9-11-22-21(16-19)27-23(28(22)3)12-13-24(30)26-18-8-10-20-17(15-18)7-6-14-25-20/h6-11,14-16H,4-5,12-13H2,1-3H3,(H,26,30). The number of carbonyl (C=O) groups excluding carboxylic acids is 1. The molecular formula is C24H27N5O3S. The number of anilines is 1. The first-order valence-electron chi connectivity index (χ1n) is 10.9. The molecule has 2 aromatic heterocycles. The molecule has 0 unspecified atom stereocenters. The monoisotopic (exact) mass is 465 g/mol. The number of pyridine rings is 1. The second kappa shape index (κ2) is 9.29. The zero-order valence-corrected chi connectivity index (χ0v) is 19.8. The van der Waals surface area contributed by atoms with Gasteiger partial charge in [-0.05, 0) is 42.5 Å².